The van der Waals surface area contributed by atoms with Gasteiger partial charge in [-0.05, 0) is 54.6 Å². The van der Waals surface area contributed by atoms with Crippen molar-refractivity contribution in [1.82, 2.24) is 9.80 Å². The smallest absolute Gasteiger partial charge is 0.272 e. The topological polar surface area (TPSA) is 87.1 Å². The maximum Gasteiger partial charge on any atom is 0.273 e. The van der Waals surface area contributed by atoms with E-state index in [2.05, 4.69) is 4.99 Å². The average molecular weight is 482 g/mol. The molecule has 3 aromatic rings. The molecule has 3 aromatic carbocycles. The Hall–Kier alpha value is -4.30. The highest BCUT2D eigenvalue weighted by molar-refractivity contribution is 8.18. The van der Waals surface area contributed by atoms with Gasteiger partial charge in [0, 0.05) is 0 Å². The monoisotopic (exact) mass is 481 g/mol. The number of hydrogen-bond acceptors (Lipinski definition) is 6. The van der Waals surface area contributed by atoms with Crippen LogP contribution < -0.4 is 0 Å². The molecular formula is C27H19N3O4S. The van der Waals surface area contributed by atoms with Gasteiger partial charge >= 0.3 is 0 Å². The average Bonchev–Trinajstić information content (AvgIpc) is 3.29. The minimum absolute atomic E-state index is 0.169. The summed E-state index contributed by atoms with van der Waals surface area (Å²) in [4.78, 5) is 58.8. The molecule has 0 spiro atoms. The number of imide groups is 2. The number of carbonyl (C=O) groups excluding carboxylic acids is 4. The molecule has 0 N–H and O–H groups in total. The molecule has 0 bridgehead atoms. The van der Waals surface area contributed by atoms with Crippen LogP contribution in [0.15, 0.2) is 88.8 Å². The van der Waals surface area contributed by atoms with Gasteiger partial charge in [0.1, 0.15) is 6.54 Å². The van der Waals surface area contributed by atoms with Crippen LogP contribution in [0.5, 0.6) is 0 Å². The van der Waals surface area contributed by atoms with E-state index in [-0.39, 0.29) is 16.3 Å². The second kappa shape index (κ2) is 9.15. The Morgan fingerprint density at radius 3 is 2.06 bits per heavy atom. The van der Waals surface area contributed by atoms with E-state index in [0.29, 0.717) is 10.6 Å². The Bertz CT molecular complexity index is 1390. The lowest BCUT2D eigenvalue weighted by Gasteiger charge is -2.18. The molecule has 0 aromatic heterocycles. The van der Waals surface area contributed by atoms with Crippen LogP contribution in [0, 0.1) is 6.92 Å². The van der Waals surface area contributed by atoms with Crippen molar-refractivity contribution in [3.05, 3.63) is 106 Å². The van der Waals surface area contributed by atoms with Gasteiger partial charge in [0.2, 0.25) is 0 Å². The third-order valence-electron chi connectivity index (χ3n) is 5.58. The lowest BCUT2D eigenvalue weighted by atomic mass is 10.1. The summed E-state index contributed by atoms with van der Waals surface area (Å²) >= 11 is 1.07. The number of hydrogen-bond donors (Lipinski definition) is 0. The first-order valence-electron chi connectivity index (χ1n) is 10.8. The number of thioether (sulfide) groups is 1. The van der Waals surface area contributed by atoms with E-state index in [0.717, 1.165) is 32.7 Å². The second-order valence-corrected chi connectivity index (χ2v) is 9.04. The van der Waals surface area contributed by atoms with E-state index in [1.807, 2.05) is 49.4 Å². The number of aliphatic imine (C=N–C) groups is 1. The zero-order valence-corrected chi connectivity index (χ0v) is 19.5. The predicted molar refractivity (Wildman–Crippen MR) is 134 cm³/mol. The maximum atomic E-state index is 13.3. The van der Waals surface area contributed by atoms with Crippen LogP contribution in [-0.4, -0.2) is 45.1 Å². The highest BCUT2D eigenvalue weighted by Gasteiger charge is 2.42. The summed E-state index contributed by atoms with van der Waals surface area (Å²) in [5.41, 5.74) is 2.90. The van der Waals surface area contributed by atoms with Gasteiger partial charge in [0.15, 0.2) is 5.17 Å². The molecule has 172 valence electrons. The number of amides is 4. The quantitative estimate of drug-likeness (QED) is 0.407. The van der Waals surface area contributed by atoms with Crippen LogP contribution in [0.3, 0.4) is 0 Å². The number of amidine groups is 1. The summed E-state index contributed by atoms with van der Waals surface area (Å²) in [6.45, 7) is 1.38. The summed E-state index contributed by atoms with van der Waals surface area (Å²) in [7, 11) is 0. The fourth-order valence-electron chi connectivity index (χ4n) is 3.79. The third-order valence-corrected chi connectivity index (χ3v) is 6.55. The van der Waals surface area contributed by atoms with Crippen molar-refractivity contribution < 1.29 is 19.2 Å². The fourth-order valence-corrected chi connectivity index (χ4v) is 4.79. The van der Waals surface area contributed by atoms with Gasteiger partial charge in [-0.2, -0.15) is 0 Å². The van der Waals surface area contributed by atoms with E-state index in [9.17, 15) is 19.2 Å². The lowest BCUT2D eigenvalue weighted by Crippen LogP contribution is -2.44. The number of carbonyl (C=O) groups is 4. The number of fused-ring (bicyclic) bond motifs is 1. The molecule has 0 aliphatic carbocycles. The highest BCUT2D eigenvalue weighted by atomic mass is 32.2. The summed E-state index contributed by atoms with van der Waals surface area (Å²) in [6, 6.07) is 23.0. The zero-order chi connectivity index (χ0) is 24.5. The zero-order valence-electron chi connectivity index (χ0n) is 18.7. The number of aryl methyl sites for hydroxylation is 1. The SMILES string of the molecule is Cc1ccc(N=C2S/C(=C\c3ccccc3)C(=O)N2C(=O)CN2C(=O)c3ccccc3C2=O)cc1. The predicted octanol–water partition coefficient (Wildman–Crippen LogP) is 4.42. The Balaban J connectivity index is 1.47. The fraction of sp³-hybridized carbons (Fsp3) is 0.0741. The van der Waals surface area contributed by atoms with Crippen molar-refractivity contribution in [1.29, 1.82) is 0 Å². The Morgan fingerprint density at radius 2 is 1.43 bits per heavy atom. The first-order valence-corrected chi connectivity index (χ1v) is 11.7. The summed E-state index contributed by atoms with van der Waals surface area (Å²) in [5.74, 6) is -2.38. The second-order valence-electron chi connectivity index (χ2n) is 8.03. The number of rotatable bonds is 4. The largest absolute Gasteiger partial charge is 0.273 e. The van der Waals surface area contributed by atoms with Crippen LogP contribution >= 0.6 is 11.8 Å². The van der Waals surface area contributed by atoms with Gasteiger partial charge in [0.25, 0.3) is 23.6 Å². The molecule has 2 aliphatic rings. The molecule has 2 aliphatic heterocycles. The molecule has 5 rings (SSSR count). The van der Waals surface area contributed by atoms with Crippen molar-refractivity contribution in [2.24, 2.45) is 4.99 Å². The molecule has 1 saturated heterocycles. The molecule has 0 saturated carbocycles. The van der Waals surface area contributed by atoms with Crippen molar-refractivity contribution in [3.8, 4) is 0 Å². The first-order chi connectivity index (χ1) is 16.9. The third kappa shape index (κ3) is 4.31. The molecule has 8 heteroatoms. The Morgan fingerprint density at radius 1 is 0.829 bits per heavy atom. The van der Waals surface area contributed by atoms with Gasteiger partial charge in [-0.1, -0.05) is 60.2 Å². The summed E-state index contributed by atoms with van der Waals surface area (Å²) in [5, 5.41) is 0.169. The van der Waals surface area contributed by atoms with Crippen molar-refractivity contribution >= 4 is 52.3 Å². The maximum absolute atomic E-state index is 13.3. The van der Waals surface area contributed by atoms with Crippen LogP contribution in [-0.2, 0) is 9.59 Å². The molecule has 0 atom stereocenters. The standard InChI is InChI=1S/C27H19N3O4S/c1-17-11-13-19(14-12-17)28-27-30(26(34)22(35-27)15-18-7-3-2-4-8-18)23(31)16-29-24(32)20-9-5-6-10-21(20)25(29)33/h2-15H,16H2,1H3/b22-15-,28-27?. The van der Waals surface area contributed by atoms with Gasteiger partial charge in [-0.3, -0.25) is 24.1 Å². The van der Waals surface area contributed by atoms with Crippen molar-refractivity contribution in [2.45, 2.75) is 6.92 Å². The van der Waals surface area contributed by atoms with Gasteiger partial charge in [-0.15, -0.1) is 0 Å². The normalized spacial score (nSPS) is 17.6. The lowest BCUT2D eigenvalue weighted by molar-refractivity contribution is -0.136. The molecular weight excluding hydrogens is 462 g/mol. The molecule has 4 amide bonds. The van der Waals surface area contributed by atoms with Crippen molar-refractivity contribution in [3.63, 3.8) is 0 Å². The minimum Gasteiger partial charge on any atom is -0.272 e. The van der Waals surface area contributed by atoms with Gasteiger partial charge < -0.3 is 0 Å². The van der Waals surface area contributed by atoms with Crippen LogP contribution in [0.25, 0.3) is 6.08 Å². The molecule has 7 nitrogen and oxygen atoms in total. The van der Waals surface area contributed by atoms with E-state index < -0.39 is 30.2 Å². The molecule has 2 heterocycles. The van der Waals surface area contributed by atoms with E-state index >= 15 is 0 Å². The van der Waals surface area contributed by atoms with E-state index in [4.69, 9.17) is 0 Å². The van der Waals surface area contributed by atoms with Crippen LogP contribution in [0.1, 0.15) is 31.8 Å². The van der Waals surface area contributed by atoms with E-state index in [1.54, 1.807) is 42.5 Å². The van der Waals surface area contributed by atoms with Gasteiger partial charge in [0.05, 0.1) is 21.7 Å². The Kier molecular flexibility index (Phi) is 5.88. The van der Waals surface area contributed by atoms with Gasteiger partial charge in [-0.25, -0.2) is 9.89 Å². The molecule has 1 fully saturated rings. The summed E-state index contributed by atoms with van der Waals surface area (Å²) < 4.78 is 0. The number of nitrogens with zero attached hydrogens (tertiary/aromatic N) is 3. The molecule has 0 radical (unpaired) electrons. The number of benzene rings is 3. The first kappa shape index (κ1) is 22.5. The van der Waals surface area contributed by atoms with E-state index in [1.165, 1.54) is 0 Å². The Labute approximate surface area is 205 Å². The van der Waals surface area contributed by atoms with Crippen LogP contribution in [0.4, 0.5) is 5.69 Å². The van der Waals surface area contributed by atoms with Crippen molar-refractivity contribution in [2.75, 3.05) is 6.54 Å². The minimum atomic E-state index is -0.709. The van der Waals surface area contributed by atoms with Crippen LogP contribution in [0.2, 0.25) is 0 Å². The molecule has 0 unspecified atom stereocenters. The summed E-state index contributed by atoms with van der Waals surface area (Å²) in [6.07, 6.45) is 1.69. The highest BCUT2D eigenvalue weighted by Crippen LogP contribution is 2.35. The molecule has 35 heavy (non-hydrogen) atoms.